The number of amides is 2. The number of nitrogens with zero attached hydrogens (tertiary/aromatic N) is 5. The van der Waals surface area contributed by atoms with Gasteiger partial charge in [-0.2, -0.15) is 0 Å². The number of anilines is 3. The molecule has 8 nitrogen and oxygen atoms in total. The van der Waals surface area contributed by atoms with E-state index in [1.54, 1.807) is 24.2 Å². The molecule has 0 bridgehead atoms. The molecule has 1 aromatic carbocycles. The van der Waals surface area contributed by atoms with Gasteiger partial charge in [0.05, 0.1) is 5.69 Å². The third-order valence-electron chi connectivity index (χ3n) is 6.63. The van der Waals surface area contributed by atoms with Crippen LogP contribution in [0.4, 0.5) is 17.2 Å². The molecule has 3 aromatic rings. The molecule has 0 unspecified atom stereocenters. The minimum absolute atomic E-state index is 0.0577. The first kappa shape index (κ1) is 22.0. The fourth-order valence-corrected chi connectivity index (χ4v) is 4.62. The van der Waals surface area contributed by atoms with Gasteiger partial charge in [-0.15, -0.1) is 0 Å². The van der Waals surface area contributed by atoms with E-state index in [9.17, 15) is 9.59 Å². The van der Waals surface area contributed by atoms with Crippen LogP contribution in [0.25, 0.3) is 11.3 Å². The number of carbonyl (C=O) groups excluding carboxylic acids is 2. The zero-order valence-corrected chi connectivity index (χ0v) is 19.4. The zero-order valence-electron chi connectivity index (χ0n) is 19.4. The molecular weight excluding hydrogens is 428 g/mol. The van der Waals surface area contributed by atoms with Crippen molar-refractivity contribution in [3.63, 3.8) is 0 Å². The molecule has 4 heterocycles. The summed E-state index contributed by atoms with van der Waals surface area (Å²) in [7, 11) is 0. The quantitative estimate of drug-likeness (QED) is 0.581. The smallest absolute Gasteiger partial charge is 0.228 e. The molecule has 2 aliphatic heterocycles. The van der Waals surface area contributed by atoms with Gasteiger partial charge in [0.15, 0.2) is 0 Å². The minimum Gasteiger partial charge on any atom is -0.340 e. The second kappa shape index (κ2) is 9.21. The van der Waals surface area contributed by atoms with Gasteiger partial charge in [0.2, 0.25) is 11.8 Å². The molecule has 2 fully saturated rings. The first-order valence-corrected chi connectivity index (χ1v) is 11.7. The maximum absolute atomic E-state index is 12.2. The van der Waals surface area contributed by atoms with Crippen molar-refractivity contribution in [1.82, 2.24) is 19.9 Å². The number of likely N-dealkylation sites (tertiary alicyclic amines) is 1. The SMILES string of the molecule is CC(=O)N1C[C@H](c2nc(Nc3cccc(N4CCC4=O)c3)cc(-c3cccnc3)n2)CC[C@@H]1C. The Kier molecular flexibility index (Phi) is 5.96. The summed E-state index contributed by atoms with van der Waals surface area (Å²) in [6.07, 6.45) is 5.96. The van der Waals surface area contributed by atoms with Gasteiger partial charge in [0, 0.05) is 73.8 Å². The van der Waals surface area contributed by atoms with Gasteiger partial charge in [-0.05, 0) is 50.1 Å². The van der Waals surface area contributed by atoms with E-state index in [2.05, 4.69) is 17.2 Å². The second-order valence-corrected chi connectivity index (χ2v) is 9.00. The average Bonchev–Trinajstić information content (AvgIpc) is 2.84. The van der Waals surface area contributed by atoms with Crippen molar-refractivity contribution in [2.75, 3.05) is 23.3 Å². The molecule has 1 N–H and O–H groups in total. The maximum atomic E-state index is 12.2. The van der Waals surface area contributed by atoms with Gasteiger partial charge < -0.3 is 15.1 Å². The van der Waals surface area contributed by atoms with Gasteiger partial charge in [-0.3, -0.25) is 14.6 Å². The highest BCUT2D eigenvalue weighted by molar-refractivity contribution is 5.99. The molecule has 2 aliphatic rings. The van der Waals surface area contributed by atoms with Crippen LogP contribution in [0.5, 0.6) is 0 Å². The summed E-state index contributed by atoms with van der Waals surface area (Å²) in [5, 5.41) is 3.40. The molecule has 2 saturated heterocycles. The molecular formula is C26H28N6O2. The van der Waals surface area contributed by atoms with Crippen LogP contribution in [0.1, 0.15) is 44.9 Å². The summed E-state index contributed by atoms with van der Waals surface area (Å²) in [6.45, 7) is 5.07. The third kappa shape index (κ3) is 4.48. The number of hydrogen-bond acceptors (Lipinski definition) is 6. The monoisotopic (exact) mass is 456 g/mol. The molecule has 34 heavy (non-hydrogen) atoms. The molecule has 0 aliphatic carbocycles. The highest BCUT2D eigenvalue weighted by Crippen LogP contribution is 2.32. The van der Waals surface area contributed by atoms with Crippen molar-refractivity contribution in [3.8, 4) is 11.3 Å². The molecule has 0 saturated carbocycles. The van der Waals surface area contributed by atoms with Crippen LogP contribution in [0.3, 0.4) is 0 Å². The van der Waals surface area contributed by atoms with Gasteiger partial charge in [-0.1, -0.05) is 6.07 Å². The van der Waals surface area contributed by atoms with Crippen molar-refractivity contribution >= 4 is 29.0 Å². The van der Waals surface area contributed by atoms with E-state index in [-0.39, 0.29) is 23.8 Å². The summed E-state index contributed by atoms with van der Waals surface area (Å²) >= 11 is 0. The van der Waals surface area contributed by atoms with Gasteiger partial charge >= 0.3 is 0 Å². The highest BCUT2D eigenvalue weighted by atomic mass is 16.2. The van der Waals surface area contributed by atoms with Crippen LogP contribution in [0.15, 0.2) is 54.9 Å². The van der Waals surface area contributed by atoms with Crippen molar-refractivity contribution in [2.24, 2.45) is 0 Å². The molecule has 2 amide bonds. The number of aromatic nitrogens is 3. The van der Waals surface area contributed by atoms with E-state index in [1.165, 1.54) is 0 Å². The lowest BCUT2D eigenvalue weighted by atomic mass is 9.92. The summed E-state index contributed by atoms with van der Waals surface area (Å²) in [6, 6.07) is 13.8. The van der Waals surface area contributed by atoms with Crippen molar-refractivity contribution in [3.05, 3.63) is 60.7 Å². The van der Waals surface area contributed by atoms with Crippen LogP contribution < -0.4 is 10.2 Å². The van der Waals surface area contributed by atoms with Crippen LogP contribution in [-0.4, -0.2) is 50.8 Å². The Morgan fingerprint density at radius 3 is 2.71 bits per heavy atom. The van der Waals surface area contributed by atoms with Gasteiger partial charge in [0.1, 0.15) is 11.6 Å². The molecule has 0 radical (unpaired) electrons. The molecule has 2 atom stereocenters. The second-order valence-electron chi connectivity index (χ2n) is 9.00. The van der Waals surface area contributed by atoms with Crippen molar-refractivity contribution in [1.29, 1.82) is 0 Å². The lowest BCUT2D eigenvalue weighted by Gasteiger charge is -2.37. The lowest BCUT2D eigenvalue weighted by Crippen LogP contribution is -2.44. The zero-order chi connectivity index (χ0) is 23.7. The normalized spacial score (nSPS) is 20.1. The Morgan fingerprint density at radius 2 is 2.00 bits per heavy atom. The van der Waals surface area contributed by atoms with E-state index in [0.717, 1.165) is 47.8 Å². The standard InChI is InChI=1S/C26H28N6O2/c1-17-8-9-20(16-32(17)18(2)33)26-29-23(19-5-4-11-27-15-19)14-24(30-26)28-21-6-3-7-22(13-21)31-12-10-25(31)34/h3-7,11,13-15,17,20H,8-10,12,16H2,1-2H3,(H,28,29,30)/t17-,20+/m0/s1. The number of benzene rings is 1. The number of pyridine rings is 1. The Bertz CT molecular complexity index is 1210. The molecule has 174 valence electrons. The number of rotatable bonds is 5. The first-order valence-electron chi connectivity index (χ1n) is 11.7. The predicted octanol–water partition coefficient (Wildman–Crippen LogP) is 4.13. The predicted molar refractivity (Wildman–Crippen MR) is 131 cm³/mol. The Hall–Kier alpha value is -3.81. The van der Waals surface area contributed by atoms with Crippen LogP contribution >= 0.6 is 0 Å². The van der Waals surface area contributed by atoms with E-state index < -0.39 is 0 Å². The summed E-state index contributed by atoms with van der Waals surface area (Å²) in [5.41, 5.74) is 3.41. The molecule has 5 rings (SSSR count). The van der Waals surface area contributed by atoms with E-state index in [4.69, 9.17) is 9.97 Å². The van der Waals surface area contributed by atoms with E-state index >= 15 is 0 Å². The summed E-state index contributed by atoms with van der Waals surface area (Å²) in [5.74, 6) is 1.67. The Labute approximate surface area is 199 Å². The van der Waals surface area contributed by atoms with Gasteiger partial charge in [0.25, 0.3) is 0 Å². The van der Waals surface area contributed by atoms with Crippen molar-refractivity contribution in [2.45, 2.75) is 45.1 Å². The lowest BCUT2D eigenvalue weighted by molar-refractivity contribution is -0.132. The average molecular weight is 457 g/mol. The van der Waals surface area contributed by atoms with Gasteiger partial charge in [-0.25, -0.2) is 9.97 Å². The van der Waals surface area contributed by atoms with Crippen LogP contribution in [-0.2, 0) is 9.59 Å². The van der Waals surface area contributed by atoms with Crippen LogP contribution in [0.2, 0.25) is 0 Å². The number of β-lactam (4-membered cyclic amide) rings is 1. The topological polar surface area (TPSA) is 91.3 Å². The van der Waals surface area contributed by atoms with E-state index in [0.29, 0.717) is 18.8 Å². The molecule has 0 spiro atoms. The Balaban J connectivity index is 1.48. The highest BCUT2D eigenvalue weighted by Gasteiger charge is 2.30. The number of hydrogen-bond donors (Lipinski definition) is 1. The first-order chi connectivity index (χ1) is 16.5. The fourth-order valence-electron chi connectivity index (χ4n) is 4.62. The number of nitrogens with one attached hydrogen (secondary N) is 1. The number of piperidine rings is 1. The van der Waals surface area contributed by atoms with E-state index in [1.807, 2.05) is 47.4 Å². The van der Waals surface area contributed by atoms with Crippen LogP contribution in [0, 0.1) is 0 Å². The maximum Gasteiger partial charge on any atom is 0.228 e. The summed E-state index contributed by atoms with van der Waals surface area (Å²) in [4.78, 5) is 41.7. The molecule has 2 aromatic heterocycles. The third-order valence-corrected chi connectivity index (χ3v) is 6.63. The Morgan fingerprint density at radius 1 is 1.12 bits per heavy atom. The minimum atomic E-state index is 0.0577. The fraction of sp³-hybridized carbons (Fsp3) is 0.346. The molecule has 8 heteroatoms. The van der Waals surface area contributed by atoms with Crippen molar-refractivity contribution < 1.29 is 9.59 Å². The summed E-state index contributed by atoms with van der Waals surface area (Å²) < 4.78 is 0. The largest absolute Gasteiger partial charge is 0.340 e. The number of carbonyl (C=O) groups is 2.